The second kappa shape index (κ2) is 7.46. The standard InChI is InChI=1S/C17H23N3O2S/c1-12-18-10-14(23-12)11-19-15-8-6-5-7-13(15)9-20-16(21)22-17(2,3)4/h5-8,10,19H,9,11H2,1-4H3,(H,20,21). The van der Waals surface area contributed by atoms with Crippen LogP contribution in [0.25, 0.3) is 0 Å². The molecule has 0 bridgehead atoms. The van der Waals surface area contributed by atoms with Crippen LogP contribution in [-0.4, -0.2) is 16.7 Å². The Hall–Kier alpha value is -2.08. The average molecular weight is 333 g/mol. The molecule has 1 heterocycles. The Labute approximate surface area is 141 Å². The number of thiazole rings is 1. The fourth-order valence-corrected chi connectivity index (χ4v) is 2.73. The molecule has 0 atom stereocenters. The molecule has 0 saturated carbocycles. The van der Waals surface area contributed by atoms with Gasteiger partial charge in [-0.15, -0.1) is 11.3 Å². The fourth-order valence-electron chi connectivity index (χ4n) is 2.00. The van der Waals surface area contributed by atoms with Crippen LogP contribution in [0.5, 0.6) is 0 Å². The van der Waals surface area contributed by atoms with Crippen molar-refractivity contribution in [2.24, 2.45) is 0 Å². The van der Waals surface area contributed by atoms with Gasteiger partial charge in [-0.1, -0.05) is 18.2 Å². The van der Waals surface area contributed by atoms with Gasteiger partial charge in [-0.3, -0.25) is 0 Å². The lowest BCUT2D eigenvalue weighted by atomic mass is 10.1. The summed E-state index contributed by atoms with van der Waals surface area (Å²) in [6, 6.07) is 7.91. The summed E-state index contributed by atoms with van der Waals surface area (Å²) in [5.74, 6) is 0. The van der Waals surface area contributed by atoms with E-state index in [0.29, 0.717) is 6.54 Å². The Kier molecular flexibility index (Phi) is 5.60. The van der Waals surface area contributed by atoms with Crippen LogP contribution < -0.4 is 10.6 Å². The van der Waals surface area contributed by atoms with Gasteiger partial charge in [0.25, 0.3) is 0 Å². The van der Waals surface area contributed by atoms with Gasteiger partial charge in [-0.2, -0.15) is 0 Å². The number of benzene rings is 1. The highest BCUT2D eigenvalue weighted by Crippen LogP contribution is 2.18. The molecule has 6 heteroatoms. The predicted octanol–water partition coefficient (Wildman–Crippen LogP) is 4.09. The van der Waals surface area contributed by atoms with Gasteiger partial charge in [0, 0.05) is 23.3 Å². The van der Waals surface area contributed by atoms with Crippen LogP contribution in [-0.2, 0) is 17.8 Å². The van der Waals surface area contributed by atoms with Gasteiger partial charge in [-0.25, -0.2) is 9.78 Å². The smallest absolute Gasteiger partial charge is 0.407 e. The van der Waals surface area contributed by atoms with E-state index in [9.17, 15) is 4.79 Å². The number of nitrogens with one attached hydrogen (secondary N) is 2. The third kappa shape index (κ3) is 5.90. The first-order chi connectivity index (χ1) is 10.8. The normalized spacial score (nSPS) is 11.1. The number of nitrogens with zero attached hydrogens (tertiary/aromatic N) is 1. The summed E-state index contributed by atoms with van der Waals surface area (Å²) in [5.41, 5.74) is 1.51. The summed E-state index contributed by atoms with van der Waals surface area (Å²) >= 11 is 1.67. The molecule has 0 unspecified atom stereocenters. The molecule has 1 aromatic carbocycles. The maximum Gasteiger partial charge on any atom is 0.407 e. The van der Waals surface area contributed by atoms with Gasteiger partial charge in [-0.05, 0) is 39.3 Å². The maximum absolute atomic E-state index is 11.8. The topological polar surface area (TPSA) is 63.2 Å². The SMILES string of the molecule is Cc1ncc(CNc2ccccc2CNC(=O)OC(C)(C)C)s1. The number of hydrogen-bond acceptors (Lipinski definition) is 5. The van der Waals surface area contributed by atoms with Gasteiger partial charge < -0.3 is 15.4 Å². The van der Waals surface area contributed by atoms with Gasteiger partial charge >= 0.3 is 6.09 Å². The van der Waals surface area contributed by atoms with Gasteiger partial charge in [0.15, 0.2) is 0 Å². The number of aryl methyl sites for hydroxylation is 1. The van der Waals surface area contributed by atoms with E-state index in [4.69, 9.17) is 4.74 Å². The first-order valence-corrected chi connectivity index (χ1v) is 8.35. The molecule has 0 aliphatic rings. The largest absolute Gasteiger partial charge is 0.444 e. The van der Waals surface area contributed by atoms with Crippen LogP contribution in [0.15, 0.2) is 30.5 Å². The molecular weight excluding hydrogens is 310 g/mol. The Morgan fingerprint density at radius 3 is 2.65 bits per heavy atom. The zero-order chi connectivity index (χ0) is 16.9. The van der Waals surface area contributed by atoms with E-state index in [1.54, 1.807) is 11.3 Å². The van der Waals surface area contributed by atoms with E-state index in [1.165, 1.54) is 4.88 Å². The second-order valence-corrected chi connectivity index (χ2v) is 7.53. The number of aromatic nitrogens is 1. The van der Waals surface area contributed by atoms with Crippen LogP contribution in [0.3, 0.4) is 0 Å². The van der Waals surface area contributed by atoms with Crippen molar-refractivity contribution in [3.05, 3.63) is 45.9 Å². The number of carbonyl (C=O) groups is 1. The number of ether oxygens (including phenoxy) is 1. The van der Waals surface area contributed by atoms with Crippen LogP contribution >= 0.6 is 11.3 Å². The molecule has 0 fully saturated rings. The summed E-state index contributed by atoms with van der Waals surface area (Å²) in [7, 11) is 0. The van der Waals surface area contributed by atoms with E-state index in [2.05, 4.69) is 15.6 Å². The first-order valence-electron chi connectivity index (χ1n) is 7.53. The molecule has 0 radical (unpaired) electrons. The third-order valence-electron chi connectivity index (χ3n) is 2.96. The number of para-hydroxylation sites is 1. The number of alkyl carbamates (subject to hydrolysis) is 1. The summed E-state index contributed by atoms with van der Waals surface area (Å²) in [5, 5.41) is 7.24. The number of rotatable bonds is 5. The summed E-state index contributed by atoms with van der Waals surface area (Å²) in [4.78, 5) is 17.2. The lowest BCUT2D eigenvalue weighted by molar-refractivity contribution is 0.0523. The van der Waals surface area contributed by atoms with Gasteiger partial charge in [0.05, 0.1) is 11.6 Å². The Morgan fingerprint density at radius 1 is 1.26 bits per heavy atom. The Balaban J connectivity index is 1.93. The molecule has 23 heavy (non-hydrogen) atoms. The maximum atomic E-state index is 11.8. The van der Waals surface area contributed by atoms with Crippen LogP contribution in [0.2, 0.25) is 0 Å². The summed E-state index contributed by atoms with van der Waals surface area (Å²) in [6.07, 6.45) is 1.47. The van der Waals surface area contributed by atoms with Crippen LogP contribution in [0.1, 0.15) is 36.2 Å². The first kappa shape index (κ1) is 17.3. The fraction of sp³-hybridized carbons (Fsp3) is 0.412. The van der Waals surface area contributed by atoms with E-state index >= 15 is 0 Å². The molecule has 0 saturated heterocycles. The van der Waals surface area contributed by atoms with Gasteiger partial charge in [0.2, 0.25) is 0 Å². The van der Waals surface area contributed by atoms with Crippen molar-refractivity contribution < 1.29 is 9.53 Å². The molecule has 124 valence electrons. The van der Waals surface area contributed by atoms with Crippen molar-refractivity contribution in [1.82, 2.24) is 10.3 Å². The lowest BCUT2D eigenvalue weighted by Gasteiger charge is -2.20. The molecule has 5 nitrogen and oxygen atoms in total. The van der Waals surface area contributed by atoms with Crippen LogP contribution in [0.4, 0.5) is 10.5 Å². The number of hydrogen-bond donors (Lipinski definition) is 2. The Bertz CT molecular complexity index is 662. The minimum atomic E-state index is -0.494. The third-order valence-corrected chi connectivity index (χ3v) is 3.87. The van der Waals surface area contributed by atoms with Crippen molar-refractivity contribution in [1.29, 1.82) is 0 Å². The van der Waals surface area contributed by atoms with Crippen molar-refractivity contribution in [3.63, 3.8) is 0 Å². The summed E-state index contributed by atoms with van der Waals surface area (Å²) < 4.78 is 5.25. The lowest BCUT2D eigenvalue weighted by Crippen LogP contribution is -2.32. The number of amides is 1. The number of carbonyl (C=O) groups excluding carboxylic acids is 1. The highest BCUT2D eigenvalue weighted by atomic mass is 32.1. The van der Waals surface area contributed by atoms with Crippen molar-refractivity contribution in [2.45, 2.75) is 46.4 Å². The van der Waals surface area contributed by atoms with E-state index < -0.39 is 11.7 Å². The second-order valence-electron chi connectivity index (χ2n) is 6.21. The monoisotopic (exact) mass is 333 g/mol. The predicted molar refractivity (Wildman–Crippen MR) is 93.7 cm³/mol. The zero-order valence-electron chi connectivity index (χ0n) is 14.0. The molecule has 0 spiro atoms. The molecule has 2 rings (SSSR count). The Morgan fingerprint density at radius 2 is 2.00 bits per heavy atom. The average Bonchev–Trinajstić information content (AvgIpc) is 2.87. The molecule has 1 amide bonds. The van der Waals surface area contributed by atoms with Crippen molar-refractivity contribution >= 4 is 23.1 Å². The highest BCUT2D eigenvalue weighted by Gasteiger charge is 2.16. The molecule has 0 aliphatic heterocycles. The molecule has 1 aromatic heterocycles. The zero-order valence-corrected chi connectivity index (χ0v) is 14.8. The minimum absolute atomic E-state index is 0.412. The summed E-state index contributed by atoms with van der Waals surface area (Å²) in [6.45, 7) is 8.67. The highest BCUT2D eigenvalue weighted by molar-refractivity contribution is 7.11. The molecule has 2 N–H and O–H groups in total. The van der Waals surface area contributed by atoms with Crippen molar-refractivity contribution in [2.75, 3.05) is 5.32 Å². The quantitative estimate of drug-likeness (QED) is 0.865. The molecular formula is C17H23N3O2S. The molecule has 0 aliphatic carbocycles. The van der Waals surface area contributed by atoms with Crippen molar-refractivity contribution in [3.8, 4) is 0 Å². The van der Waals surface area contributed by atoms with Gasteiger partial charge in [0.1, 0.15) is 5.60 Å². The van der Waals surface area contributed by atoms with E-state index in [1.807, 2.05) is 58.2 Å². The number of anilines is 1. The molecule has 2 aromatic rings. The van der Waals surface area contributed by atoms with E-state index in [-0.39, 0.29) is 0 Å². The minimum Gasteiger partial charge on any atom is -0.444 e. The van der Waals surface area contributed by atoms with Crippen LogP contribution in [0, 0.1) is 6.92 Å². The van der Waals surface area contributed by atoms with E-state index in [0.717, 1.165) is 22.8 Å².